The first-order chi connectivity index (χ1) is 13.1. The minimum atomic E-state index is 0.136. The SMILES string of the molecule is COc1ccccc1CC(=O)N1CCC(NC(=O)[C@H]2C[C@H]3CC[C@H]2C3)CC1. The number of hydrogen-bond acceptors (Lipinski definition) is 3. The molecule has 3 atom stereocenters. The number of carbonyl (C=O) groups excluding carboxylic acids is 2. The van der Waals surface area contributed by atoms with Crippen molar-refractivity contribution in [3.63, 3.8) is 0 Å². The average Bonchev–Trinajstić information content (AvgIpc) is 3.32. The second-order valence-electron chi connectivity index (χ2n) is 8.43. The summed E-state index contributed by atoms with van der Waals surface area (Å²) in [6, 6.07) is 7.89. The first-order valence-electron chi connectivity index (χ1n) is 10.3. The van der Waals surface area contributed by atoms with Gasteiger partial charge >= 0.3 is 0 Å². The summed E-state index contributed by atoms with van der Waals surface area (Å²) in [7, 11) is 1.63. The maximum atomic E-state index is 12.6. The molecular formula is C22H30N2O3. The fraction of sp³-hybridized carbons (Fsp3) is 0.636. The number of amides is 2. The molecule has 0 spiro atoms. The third kappa shape index (κ3) is 3.97. The van der Waals surface area contributed by atoms with Crippen molar-refractivity contribution in [2.45, 2.75) is 51.0 Å². The molecule has 5 nitrogen and oxygen atoms in total. The Bertz CT molecular complexity index is 697. The molecule has 1 N–H and O–H groups in total. The normalized spacial score (nSPS) is 27.6. The van der Waals surface area contributed by atoms with Gasteiger partial charge in [0.05, 0.1) is 13.5 Å². The Morgan fingerprint density at radius 3 is 2.56 bits per heavy atom. The lowest BCUT2D eigenvalue weighted by Gasteiger charge is -2.33. The van der Waals surface area contributed by atoms with E-state index in [1.165, 1.54) is 19.3 Å². The highest BCUT2D eigenvalue weighted by Gasteiger charge is 2.43. The van der Waals surface area contributed by atoms with E-state index in [-0.39, 0.29) is 23.8 Å². The molecule has 1 saturated heterocycles. The van der Waals surface area contributed by atoms with Crippen molar-refractivity contribution in [1.82, 2.24) is 10.2 Å². The van der Waals surface area contributed by atoms with Gasteiger partial charge in [0.2, 0.25) is 11.8 Å². The number of nitrogens with one attached hydrogen (secondary N) is 1. The van der Waals surface area contributed by atoms with Gasteiger partial charge in [-0.2, -0.15) is 0 Å². The van der Waals surface area contributed by atoms with E-state index in [4.69, 9.17) is 4.74 Å². The number of likely N-dealkylation sites (tertiary alicyclic amines) is 1. The fourth-order valence-electron chi connectivity index (χ4n) is 5.27. The van der Waals surface area contributed by atoms with Crippen LogP contribution >= 0.6 is 0 Å². The minimum absolute atomic E-state index is 0.136. The molecule has 1 aromatic carbocycles. The molecule has 3 aliphatic rings. The second kappa shape index (κ2) is 7.91. The highest BCUT2D eigenvalue weighted by molar-refractivity contribution is 5.80. The van der Waals surface area contributed by atoms with E-state index in [1.807, 2.05) is 29.2 Å². The van der Waals surface area contributed by atoms with Gasteiger partial charge in [-0.15, -0.1) is 0 Å². The summed E-state index contributed by atoms with van der Waals surface area (Å²) < 4.78 is 5.35. The molecule has 2 saturated carbocycles. The molecule has 2 bridgehead atoms. The van der Waals surface area contributed by atoms with Crippen LogP contribution in [0.25, 0.3) is 0 Å². The Kier molecular flexibility index (Phi) is 5.37. The Hall–Kier alpha value is -2.04. The third-order valence-corrected chi connectivity index (χ3v) is 6.80. The number of methoxy groups -OCH3 is 1. The van der Waals surface area contributed by atoms with Crippen LogP contribution in [0.15, 0.2) is 24.3 Å². The van der Waals surface area contributed by atoms with Crippen molar-refractivity contribution in [2.24, 2.45) is 17.8 Å². The number of fused-ring (bicyclic) bond motifs is 2. The molecule has 3 fully saturated rings. The van der Waals surface area contributed by atoms with E-state index in [0.29, 0.717) is 12.3 Å². The van der Waals surface area contributed by atoms with Gasteiger partial charge < -0.3 is 15.0 Å². The topological polar surface area (TPSA) is 58.6 Å². The van der Waals surface area contributed by atoms with Crippen molar-refractivity contribution >= 4 is 11.8 Å². The van der Waals surface area contributed by atoms with Gasteiger partial charge in [0.25, 0.3) is 0 Å². The first kappa shape index (κ1) is 18.3. The van der Waals surface area contributed by atoms with Gasteiger partial charge in [-0.1, -0.05) is 24.6 Å². The highest BCUT2D eigenvalue weighted by atomic mass is 16.5. The predicted molar refractivity (Wildman–Crippen MR) is 103 cm³/mol. The van der Waals surface area contributed by atoms with Crippen molar-refractivity contribution in [2.75, 3.05) is 20.2 Å². The van der Waals surface area contributed by atoms with Crippen LogP contribution in [0, 0.1) is 17.8 Å². The van der Waals surface area contributed by atoms with Gasteiger partial charge in [0.1, 0.15) is 5.75 Å². The van der Waals surface area contributed by atoms with E-state index in [9.17, 15) is 9.59 Å². The average molecular weight is 370 g/mol. The van der Waals surface area contributed by atoms with E-state index >= 15 is 0 Å². The number of piperidine rings is 1. The number of hydrogen-bond donors (Lipinski definition) is 1. The summed E-state index contributed by atoms with van der Waals surface area (Å²) >= 11 is 0. The molecule has 1 heterocycles. The van der Waals surface area contributed by atoms with Crippen LogP contribution in [0.4, 0.5) is 0 Å². The largest absolute Gasteiger partial charge is 0.496 e. The van der Waals surface area contributed by atoms with Crippen molar-refractivity contribution < 1.29 is 14.3 Å². The zero-order valence-corrected chi connectivity index (χ0v) is 16.2. The molecule has 4 rings (SSSR count). The Morgan fingerprint density at radius 1 is 1.11 bits per heavy atom. The fourth-order valence-corrected chi connectivity index (χ4v) is 5.27. The number of rotatable bonds is 5. The molecule has 1 aliphatic heterocycles. The Balaban J connectivity index is 1.25. The van der Waals surface area contributed by atoms with Crippen molar-refractivity contribution in [3.05, 3.63) is 29.8 Å². The summed E-state index contributed by atoms with van der Waals surface area (Å²) in [6.45, 7) is 1.44. The van der Waals surface area contributed by atoms with Crippen LogP contribution < -0.4 is 10.1 Å². The molecule has 146 valence electrons. The molecule has 27 heavy (non-hydrogen) atoms. The summed E-state index contributed by atoms with van der Waals surface area (Å²) in [5.41, 5.74) is 0.928. The third-order valence-electron chi connectivity index (χ3n) is 6.80. The molecule has 0 unspecified atom stereocenters. The van der Waals surface area contributed by atoms with Gasteiger partial charge in [-0.3, -0.25) is 9.59 Å². The number of ether oxygens (including phenoxy) is 1. The highest BCUT2D eigenvalue weighted by Crippen LogP contribution is 2.48. The summed E-state index contributed by atoms with van der Waals surface area (Å²) in [5, 5.41) is 3.28. The van der Waals surface area contributed by atoms with Crippen LogP contribution in [-0.4, -0.2) is 43.0 Å². The van der Waals surface area contributed by atoms with Crippen LogP contribution in [0.3, 0.4) is 0 Å². The van der Waals surface area contributed by atoms with Crippen molar-refractivity contribution in [3.8, 4) is 5.75 Å². The van der Waals surface area contributed by atoms with Crippen LogP contribution in [0.2, 0.25) is 0 Å². The monoisotopic (exact) mass is 370 g/mol. The van der Waals surface area contributed by atoms with Gasteiger partial charge in [0.15, 0.2) is 0 Å². The maximum absolute atomic E-state index is 12.6. The van der Waals surface area contributed by atoms with E-state index in [1.54, 1.807) is 7.11 Å². The van der Waals surface area contributed by atoms with Gasteiger partial charge in [-0.05, 0) is 50.0 Å². The van der Waals surface area contributed by atoms with E-state index in [2.05, 4.69) is 5.32 Å². The molecule has 2 aliphatic carbocycles. The molecule has 5 heteroatoms. The molecule has 0 radical (unpaired) electrons. The summed E-state index contributed by atoms with van der Waals surface area (Å²) in [6.07, 6.45) is 6.97. The Labute approximate surface area is 161 Å². The zero-order valence-electron chi connectivity index (χ0n) is 16.2. The zero-order chi connectivity index (χ0) is 18.8. The van der Waals surface area contributed by atoms with Crippen molar-refractivity contribution in [1.29, 1.82) is 0 Å². The molecule has 1 aromatic rings. The summed E-state index contributed by atoms with van der Waals surface area (Å²) in [4.78, 5) is 27.2. The first-order valence-corrected chi connectivity index (χ1v) is 10.3. The number of benzene rings is 1. The van der Waals surface area contributed by atoms with E-state index in [0.717, 1.165) is 49.6 Å². The van der Waals surface area contributed by atoms with Crippen LogP contribution in [0.1, 0.15) is 44.1 Å². The van der Waals surface area contributed by atoms with E-state index < -0.39 is 0 Å². The van der Waals surface area contributed by atoms with Gasteiger partial charge in [-0.25, -0.2) is 0 Å². The van der Waals surface area contributed by atoms with Crippen LogP contribution in [-0.2, 0) is 16.0 Å². The molecule has 0 aromatic heterocycles. The quantitative estimate of drug-likeness (QED) is 0.867. The minimum Gasteiger partial charge on any atom is -0.496 e. The number of carbonyl (C=O) groups is 2. The lowest BCUT2D eigenvalue weighted by Crippen LogP contribution is -2.48. The molecule has 2 amide bonds. The Morgan fingerprint density at radius 2 is 1.89 bits per heavy atom. The lowest BCUT2D eigenvalue weighted by atomic mass is 9.87. The predicted octanol–water partition coefficient (Wildman–Crippen LogP) is 2.78. The maximum Gasteiger partial charge on any atom is 0.227 e. The lowest BCUT2D eigenvalue weighted by molar-refractivity contribution is -0.132. The number of para-hydroxylation sites is 1. The standard InChI is InChI=1S/C22H30N2O3/c1-27-20-5-3-2-4-17(20)14-21(25)24-10-8-18(9-11-24)23-22(26)19-13-15-6-7-16(19)12-15/h2-5,15-16,18-19H,6-14H2,1H3,(H,23,26)/t15-,16-,19-/m0/s1. The molecular weight excluding hydrogens is 340 g/mol. The smallest absolute Gasteiger partial charge is 0.227 e. The summed E-state index contributed by atoms with van der Waals surface area (Å²) in [5.74, 6) is 2.82. The second-order valence-corrected chi connectivity index (χ2v) is 8.43. The van der Waals surface area contributed by atoms with Crippen LogP contribution in [0.5, 0.6) is 5.75 Å². The van der Waals surface area contributed by atoms with Gasteiger partial charge in [0, 0.05) is 30.6 Å². The number of nitrogens with zero attached hydrogens (tertiary/aromatic N) is 1.